The lowest BCUT2D eigenvalue weighted by Gasteiger charge is -2.11. The Morgan fingerprint density at radius 3 is 2.14 bits per heavy atom. The van der Waals surface area contributed by atoms with Crippen LogP contribution in [-0.4, -0.2) is 31.7 Å². The summed E-state index contributed by atoms with van der Waals surface area (Å²) >= 11 is 17.2. The van der Waals surface area contributed by atoms with Crippen LogP contribution in [0.2, 0.25) is 5.02 Å². The van der Waals surface area contributed by atoms with Gasteiger partial charge in [-0.15, -0.1) is 5.10 Å². The zero-order valence-corrected chi connectivity index (χ0v) is 13.1. The molecule has 0 unspecified atom stereocenters. The first-order chi connectivity index (χ1) is 10.5. The molecule has 0 saturated heterocycles. The molecule has 0 N–H and O–H groups in total. The molecule has 1 aromatic heterocycles. The van der Waals surface area contributed by atoms with Gasteiger partial charge in [-0.1, -0.05) is 40.0 Å². The van der Waals surface area contributed by atoms with E-state index in [4.69, 9.17) is 34.8 Å². The van der Waals surface area contributed by atoms with Crippen molar-refractivity contribution in [3.05, 3.63) is 51.2 Å². The molecule has 2 heterocycles. The number of aromatic nitrogens is 3. The van der Waals surface area contributed by atoms with Crippen LogP contribution in [0.15, 0.2) is 40.5 Å². The molecule has 1 aromatic carbocycles. The Hall–Kier alpha value is -1.89. The predicted molar refractivity (Wildman–Crippen MR) is 80.7 cm³/mol. The minimum absolute atomic E-state index is 0.0578. The van der Waals surface area contributed by atoms with E-state index in [1.165, 1.54) is 4.68 Å². The first kappa shape index (κ1) is 15.0. The van der Waals surface area contributed by atoms with Crippen LogP contribution < -0.4 is 0 Å². The quantitative estimate of drug-likeness (QED) is 0.792. The number of benzene rings is 1. The summed E-state index contributed by atoms with van der Waals surface area (Å²) in [7, 11) is 0. The Bertz CT molecular complexity index is 774. The minimum Gasteiger partial charge on any atom is -0.267 e. The third-order valence-corrected chi connectivity index (χ3v) is 4.06. The molecular weight excluding hydrogens is 351 g/mol. The summed E-state index contributed by atoms with van der Waals surface area (Å²) in [6, 6.07) is 6.97. The minimum atomic E-state index is -0.641. The molecule has 2 aromatic rings. The van der Waals surface area contributed by atoms with E-state index in [0.29, 0.717) is 10.7 Å². The van der Waals surface area contributed by atoms with Gasteiger partial charge in [-0.3, -0.25) is 14.5 Å². The molecule has 0 fully saturated rings. The second-order valence-electron chi connectivity index (χ2n) is 4.46. The molecule has 1 aliphatic rings. The SMILES string of the molecule is O=C1C(Cl)=C(Cl)C(=O)N1Cc1cn(-c2ccc(Cl)cc2)nn1. The topological polar surface area (TPSA) is 68.1 Å². The Morgan fingerprint density at radius 2 is 1.55 bits per heavy atom. The molecule has 1 aliphatic heterocycles. The summed E-state index contributed by atoms with van der Waals surface area (Å²) in [6.45, 7) is -0.0578. The largest absolute Gasteiger partial charge is 0.274 e. The van der Waals surface area contributed by atoms with Crippen molar-refractivity contribution in [1.29, 1.82) is 0 Å². The van der Waals surface area contributed by atoms with Gasteiger partial charge in [0.25, 0.3) is 11.8 Å². The van der Waals surface area contributed by atoms with E-state index < -0.39 is 11.8 Å². The maximum absolute atomic E-state index is 11.8. The van der Waals surface area contributed by atoms with E-state index in [1.54, 1.807) is 30.5 Å². The first-order valence-electron chi connectivity index (χ1n) is 6.06. The van der Waals surface area contributed by atoms with Crippen LogP contribution in [-0.2, 0) is 16.1 Å². The molecule has 2 amide bonds. The number of halogens is 3. The van der Waals surface area contributed by atoms with Crippen LogP contribution in [0.3, 0.4) is 0 Å². The van der Waals surface area contributed by atoms with Crippen LogP contribution in [0.5, 0.6) is 0 Å². The van der Waals surface area contributed by atoms with Crippen molar-refractivity contribution in [3.63, 3.8) is 0 Å². The summed E-state index contributed by atoms with van der Waals surface area (Å²) in [4.78, 5) is 24.5. The average molecular weight is 358 g/mol. The number of hydrogen-bond donors (Lipinski definition) is 0. The van der Waals surface area contributed by atoms with Crippen LogP contribution in [0.1, 0.15) is 5.69 Å². The van der Waals surface area contributed by atoms with E-state index in [0.717, 1.165) is 10.6 Å². The van der Waals surface area contributed by atoms with Crippen molar-refractivity contribution >= 4 is 46.6 Å². The standard InChI is InChI=1S/C13H7Cl3N4O2/c14-7-1-3-9(4-2-7)20-6-8(17-18-20)5-19-12(21)10(15)11(16)13(19)22/h1-4,6H,5H2. The van der Waals surface area contributed by atoms with E-state index in [-0.39, 0.29) is 16.6 Å². The summed E-state index contributed by atoms with van der Waals surface area (Å²) in [6.07, 6.45) is 1.60. The molecular formula is C13H7Cl3N4O2. The lowest BCUT2D eigenvalue weighted by molar-refractivity contribution is -0.137. The Kier molecular flexibility index (Phi) is 3.90. The predicted octanol–water partition coefficient (Wildman–Crippen LogP) is 2.48. The van der Waals surface area contributed by atoms with Crippen molar-refractivity contribution in [3.8, 4) is 5.69 Å². The molecule has 0 spiro atoms. The third-order valence-electron chi connectivity index (χ3n) is 3.01. The van der Waals surface area contributed by atoms with Crippen molar-refractivity contribution in [2.45, 2.75) is 6.54 Å². The maximum Gasteiger partial charge on any atom is 0.274 e. The smallest absolute Gasteiger partial charge is 0.267 e. The number of imide groups is 1. The highest BCUT2D eigenvalue weighted by Gasteiger charge is 2.37. The highest BCUT2D eigenvalue weighted by molar-refractivity contribution is 6.58. The first-order valence-corrected chi connectivity index (χ1v) is 7.19. The van der Waals surface area contributed by atoms with Gasteiger partial charge in [-0.25, -0.2) is 4.68 Å². The zero-order chi connectivity index (χ0) is 15.9. The number of carbonyl (C=O) groups is 2. The van der Waals surface area contributed by atoms with Crippen LogP contribution in [0, 0.1) is 0 Å². The van der Waals surface area contributed by atoms with Gasteiger partial charge in [-0.05, 0) is 24.3 Å². The molecule has 112 valence electrons. The molecule has 9 heteroatoms. The van der Waals surface area contributed by atoms with Gasteiger partial charge in [0.2, 0.25) is 0 Å². The lowest BCUT2D eigenvalue weighted by Crippen LogP contribution is -2.30. The second kappa shape index (κ2) is 5.72. The molecule has 0 atom stereocenters. The van der Waals surface area contributed by atoms with E-state index >= 15 is 0 Å². The van der Waals surface area contributed by atoms with Crippen LogP contribution >= 0.6 is 34.8 Å². The Morgan fingerprint density at radius 1 is 0.955 bits per heavy atom. The second-order valence-corrected chi connectivity index (χ2v) is 5.65. The van der Waals surface area contributed by atoms with E-state index in [2.05, 4.69) is 10.3 Å². The lowest BCUT2D eigenvalue weighted by atomic mass is 10.3. The van der Waals surface area contributed by atoms with Gasteiger partial charge < -0.3 is 0 Å². The number of hydrogen-bond acceptors (Lipinski definition) is 4. The number of carbonyl (C=O) groups excluding carboxylic acids is 2. The molecule has 0 saturated carbocycles. The molecule has 0 bridgehead atoms. The highest BCUT2D eigenvalue weighted by atomic mass is 35.5. The van der Waals surface area contributed by atoms with E-state index in [1.807, 2.05) is 0 Å². The number of nitrogens with zero attached hydrogens (tertiary/aromatic N) is 4. The molecule has 0 radical (unpaired) electrons. The fourth-order valence-electron chi connectivity index (χ4n) is 1.91. The fraction of sp³-hybridized carbons (Fsp3) is 0.0769. The molecule has 22 heavy (non-hydrogen) atoms. The Balaban J connectivity index is 1.80. The average Bonchev–Trinajstić information content (AvgIpc) is 3.04. The van der Waals surface area contributed by atoms with Crippen molar-refractivity contribution < 1.29 is 9.59 Å². The monoisotopic (exact) mass is 356 g/mol. The van der Waals surface area contributed by atoms with Gasteiger partial charge in [0.15, 0.2) is 0 Å². The molecule has 3 rings (SSSR count). The van der Waals surface area contributed by atoms with Crippen molar-refractivity contribution in [1.82, 2.24) is 19.9 Å². The van der Waals surface area contributed by atoms with Gasteiger partial charge in [0.05, 0.1) is 18.4 Å². The van der Waals surface area contributed by atoms with Gasteiger partial charge in [-0.2, -0.15) is 0 Å². The van der Waals surface area contributed by atoms with Gasteiger partial charge in [0.1, 0.15) is 15.8 Å². The fourth-order valence-corrected chi connectivity index (χ4v) is 2.41. The highest BCUT2D eigenvalue weighted by Crippen LogP contribution is 2.27. The zero-order valence-electron chi connectivity index (χ0n) is 10.8. The Labute approximate surface area is 139 Å². The summed E-state index contributed by atoms with van der Waals surface area (Å²) in [5, 5.41) is 7.91. The van der Waals surface area contributed by atoms with Crippen molar-refractivity contribution in [2.75, 3.05) is 0 Å². The number of amides is 2. The summed E-state index contributed by atoms with van der Waals surface area (Å²) in [5.41, 5.74) is 1.17. The molecule has 0 aliphatic carbocycles. The number of rotatable bonds is 3. The van der Waals surface area contributed by atoms with Crippen molar-refractivity contribution in [2.24, 2.45) is 0 Å². The van der Waals surface area contributed by atoms with E-state index in [9.17, 15) is 9.59 Å². The van der Waals surface area contributed by atoms with Crippen LogP contribution in [0.25, 0.3) is 5.69 Å². The molecule has 6 nitrogen and oxygen atoms in total. The van der Waals surface area contributed by atoms with Gasteiger partial charge in [0, 0.05) is 5.02 Å². The van der Waals surface area contributed by atoms with Gasteiger partial charge >= 0.3 is 0 Å². The normalized spacial score (nSPS) is 15.1. The maximum atomic E-state index is 11.8. The van der Waals surface area contributed by atoms with Crippen LogP contribution in [0.4, 0.5) is 0 Å². The summed E-state index contributed by atoms with van der Waals surface area (Å²) < 4.78 is 1.51. The third kappa shape index (κ3) is 2.61. The summed E-state index contributed by atoms with van der Waals surface area (Å²) in [5.74, 6) is -1.28.